The summed E-state index contributed by atoms with van der Waals surface area (Å²) in [6.07, 6.45) is 1.36. The van der Waals surface area contributed by atoms with Gasteiger partial charge in [-0.25, -0.2) is 4.98 Å². The largest absolute Gasteiger partial charge is 0.347 e. The van der Waals surface area contributed by atoms with E-state index in [0.29, 0.717) is 5.82 Å². The van der Waals surface area contributed by atoms with E-state index in [9.17, 15) is 4.79 Å². The Morgan fingerprint density at radius 2 is 2.50 bits per heavy atom. The summed E-state index contributed by atoms with van der Waals surface area (Å²) in [4.78, 5) is 15.2. The van der Waals surface area contributed by atoms with Crippen LogP contribution < -0.4 is 5.32 Å². The third-order valence-electron chi connectivity index (χ3n) is 1.73. The molecule has 0 radical (unpaired) electrons. The first-order chi connectivity index (χ1) is 6.56. The molecule has 0 spiro atoms. The highest BCUT2D eigenvalue weighted by Crippen LogP contribution is 2.12. The fraction of sp³-hybridized carbons (Fsp3) is 0.500. The molecule has 2 N–H and O–H groups in total. The maximum absolute atomic E-state index is 11.4. The van der Waals surface area contributed by atoms with Crippen LogP contribution in [0.1, 0.15) is 19.7 Å². The van der Waals surface area contributed by atoms with Crippen LogP contribution in [0.5, 0.6) is 0 Å². The monoisotopic (exact) mass is 193 g/mol. The third kappa shape index (κ3) is 2.29. The summed E-state index contributed by atoms with van der Waals surface area (Å²) >= 11 is 0. The molecule has 14 heavy (non-hydrogen) atoms. The Morgan fingerprint density at radius 3 is 3.00 bits per heavy atom. The van der Waals surface area contributed by atoms with Crippen molar-refractivity contribution in [1.29, 1.82) is 5.26 Å². The Labute approximate surface area is 81.3 Å². The third-order valence-corrected chi connectivity index (χ3v) is 1.73. The van der Waals surface area contributed by atoms with E-state index in [2.05, 4.69) is 20.5 Å². The Morgan fingerprint density at radius 1 is 1.79 bits per heavy atom. The lowest BCUT2D eigenvalue weighted by atomic mass is 9.95. The average molecular weight is 193 g/mol. The molecule has 6 heteroatoms. The van der Waals surface area contributed by atoms with Crippen LogP contribution in [0, 0.1) is 16.7 Å². The molecule has 0 unspecified atom stereocenters. The number of carbonyl (C=O) groups excluding carboxylic acids is 1. The van der Waals surface area contributed by atoms with Crippen molar-refractivity contribution in [2.24, 2.45) is 5.41 Å². The molecule has 0 atom stereocenters. The molecule has 1 heterocycles. The molecule has 1 aromatic rings. The van der Waals surface area contributed by atoms with Gasteiger partial charge in [-0.3, -0.25) is 9.89 Å². The fourth-order valence-corrected chi connectivity index (χ4v) is 0.752. The summed E-state index contributed by atoms with van der Waals surface area (Å²) in [5.74, 6) is 0.239. The smallest absolute Gasteiger partial charge is 0.240 e. The second kappa shape index (κ2) is 3.87. The van der Waals surface area contributed by atoms with Gasteiger partial charge in [0.25, 0.3) is 0 Å². The topological polar surface area (TPSA) is 94.5 Å². The van der Waals surface area contributed by atoms with Gasteiger partial charge in [-0.05, 0) is 13.8 Å². The molecule has 1 amide bonds. The SMILES string of the molecule is CC(C)(C#N)C(=O)NCc1ncn[nH]1. The fourth-order valence-electron chi connectivity index (χ4n) is 0.752. The predicted octanol–water partition coefficient (Wildman–Crippen LogP) is -0.0293. The molecule has 0 saturated carbocycles. The number of carbonyl (C=O) groups is 1. The van der Waals surface area contributed by atoms with Gasteiger partial charge >= 0.3 is 0 Å². The number of amides is 1. The maximum Gasteiger partial charge on any atom is 0.240 e. The number of aromatic amines is 1. The summed E-state index contributed by atoms with van der Waals surface area (Å²) in [5.41, 5.74) is -1.01. The molecule has 0 fully saturated rings. The zero-order valence-corrected chi connectivity index (χ0v) is 8.03. The minimum Gasteiger partial charge on any atom is -0.347 e. The standard InChI is InChI=1S/C8H11N5O/c1-8(2,4-9)7(14)10-3-6-11-5-12-13-6/h5H,3H2,1-2H3,(H,10,14)(H,11,12,13). The van der Waals surface area contributed by atoms with Crippen LogP contribution >= 0.6 is 0 Å². The zero-order valence-electron chi connectivity index (χ0n) is 8.03. The number of nitriles is 1. The van der Waals surface area contributed by atoms with Crippen molar-refractivity contribution in [1.82, 2.24) is 20.5 Å². The van der Waals surface area contributed by atoms with Crippen molar-refractivity contribution < 1.29 is 4.79 Å². The van der Waals surface area contributed by atoms with Gasteiger partial charge in [0.15, 0.2) is 0 Å². The highest BCUT2D eigenvalue weighted by molar-refractivity contribution is 5.84. The predicted molar refractivity (Wildman–Crippen MR) is 47.6 cm³/mol. The minimum atomic E-state index is -1.01. The van der Waals surface area contributed by atoms with Gasteiger partial charge in [0.05, 0.1) is 12.6 Å². The second-order valence-electron chi connectivity index (χ2n) is 3.35. The molecule has 0 aromatic carbocycles. The van der Waals surface area contributed by atoms with Crippen molar-refractivity contribution >= 4 is 5.91 Å². The molecule has 1 rings (SSSR count). The van der Waals surface area contributed by atoms with Gasteiger partial charge in [0, 0.05) is 0 Å². The van der Waals surface area contributed by atoms with Crippen LogP contribution in [0.15, 0.2) is 6.33 Å². The summed E-state index contributed by atoms with van der Waals surface area (Å²) in [5, 5.41) is 17.5. The van der Waals surface area contributed by atoms with E-state index < -0.39 is 5.41 Å². The Bertz CT molecular complexity index is 348. The van der Waals surface area contributed by atoms with E-state index in [4.69, 9.17) is 5.26 Å². The zero-order chi connectivity index (χ0) is 10.6. The van der Waals surface area contributed by atoms with Crippen LogP contribution in [-0.4, -0.2) is 21.1 Å². The van der Waals surface area contributed by atoms with E-state index in [-0.39, 0.29) is 12.5 Å². The first kappa shape index (κ1) is 10.2. The van der Waals surface area contributed by atoms with E-state index in [1.807, 2.05) is 6.07 Å². The van der Waals surface area contributed by atoms with E-state index in [0.717, 1.165) is 0 Å². The number of aromatic nitrogens is 3. The van der Waals surface area contributed by atoms with Crippen LogP contribution in [0.2, 0.25) is 0 Å². The Hall–Kier alpha value is -1.90. The molecule has 0 aliphatic heterocycles. The highest BCUT2D eigenvalue weighted by Gasteiger charge is 2.26. The maximum atomic E-state index is 11.4. The second-order valence-corrected chi connectivity index (χ2v) is 3.35. The Kier molecular flexibility index (Phi) is 2.82. The molecule has 0 aliphatic carbocycles. The molecular weight excluding hydrogens is 182 g/mol. The quantitative estimate of drug-likeness (QED) is 0.704. The van der Waals surface area contributed by atoms with Crippen LogP contribution in [0.3, 0.4) is 0 Å². The van der Waals surface area contributed by atoms with Gasteiger partial charge < -0.3 is 5.32 Å². The molecule has 0 bridgehead atoms. The lowest BCUT2D eigenvalue weighted by Gasteiger charge is -2.13. The summed E-state index contributed by atoms with van der Waals surface area (Å²) < 4.78 is 0. The normalized spacial score (nSPS) is 10.6. The molecular formula is C8H11N5O. The summed E-state index contributed by atoms with van der Waals surface area (Å²) in [6, 6.07) is 1.91. The van der Waals surface area contributed by atoms with Crippen molar-refractivity contribution in [2.75, 3.05) is 0 Å². The van der Waals surface area contributed by atoms with E-state index >= 15 is 0 Å². The van der Waals surface area contributed by atoms with Gasteiger partial charge in [0.1, 0.15) is 17.6 Å². The number of hydrogen-bond donors (Lipinski definition) is 2. The summed E-state index contributed by atoms with van der Waals surface area (Å²) in [7, 11) is 0. The molecule has 1 aromatic heterocycles. The van der Waals surface area contributed by atoms with Gasteiger partial charge in [-0.1, -0.05) is 0 Å². The van der Waals surface area contributed by atoms with Crippen molar-refractivity contribution in [2.45, 2.75) is 20.4 Å². The molecule has 0 saturated heterocycles. The van der Waals surface area contributed by atoms with Crippen LogP contribution in [0.25, 0.3) is 0 Å². The molecule has 6 nitrogen and oxygen atoms in total. The van der Waals surface area contributed by atoms with E-state index in [1.54, 1.807) is 13.8 Å². The average Bonchev–Trinajstić information content (AvgIpc) is 2.66. The minimum absolute atomic E-state index is 0.254. The number of H-pyrrole nitrogens is 1. The number of nitrogens with one attached hydrogen (secondary N) is 2. The van der Waals surface area contributed by atoms with Crippen molar-refractivity contribution in [3.63, 3.8) is 0 Å². The van der Waals surface area contributed by atoms with E-state index in [1.165, 1.54) is 6.33 Å². The highest BCUT2D eigenvalue weighted by atomic mass is 16.2. The number of nitrogens with zero attached hydrogens (tertiary/aromatic N) is 3. The number of rotatable bonds is 3. The molecule has 74 valence electrons. The van der Waals surface area contributed by atoms with Gasteiger partial charge in [0.2, 0.25) is 5.91 Å². The van der Waals surface area contributed by atoms with Gasteiger partial charge in [-0.15, -0.1) is 0 Å². The first-order valence-corrected chi connectivity index (χ1v) is 4.10. The number of hydrogen-bond acceptors (Lipinski definition) is 4. The van der Waals surface area contributed by atoms with Gasteiger partial charge in [-0.2, -0.15) is 10.4 Å². The van der Waals surface area contributed by atoms with Crippen molar-refractivity contribution in [3.8, 4) is 6.07 Å². The van der Waals surface area contributed by atoms with Crippen molar-refractivity contribution in [3.05, 3.63) is 12.2 Å². The van der Waals surface area contributed by atoms with Crippen LogP contribution in [-0.2, 0) is 11.3 Å². The molecule has 0 aliphatic rings. The summed E-state index contributed by atoms with van der Waals surface area (Å²) in [6.45, 7) is 3.37. The lowest BCUT2D eigenvalue weighted by molar-refractivity contribution is -0.127. The first-order valence-electron chi connectivity index (χ1n) is 4.10. The van der Waals surface area contributed by atoms with Crippen LogP contribution in [0.4, 0.5) is 0 Å². The lowest BCUT2D eigenvalue weighted by Crippen LogP contribution is -2.35. The Balaban J connectivity index is 2.48.